The van der Waals surface area contributed by atoms with Gasteiger partial charge in [-0.3, -0.25) is 9.69 Å². The number of amides is 1. The first-order valence-corrected chi connectivity index (χ1v) is 14.7. The first-order valence-electron chi connectivity index (χ1n) is 11.5. The van der Waals surface area contributed by atoms with Crippen molar-refractivity contribution < 1.29 is 21.6 Å². The fourth-order valence-corrected chi connectivity index (χ4v) is 9.22. The number of piperazine rings is 1. The Morgan fingerprint density at radius 1 is 0.829 bits per heavy atom. The molecule has 9 heteroatoms. The van der Waals surface area contributed by atoms with Gasteiger partial charge < -0.3 is 4.90 Å². The van der Waals surface area contributed by atoms with Crippen molar-refractivity contribution in [2.45, 2.75) is 21.6 Å². The molecule has 1 atom stereocenters. The van der Waals surface area contributed by atoms with E-state index >= 15 is 0 Å². The number of sulfone groups is 2. The third-order valence-corrected chi connectivity index (χ3v) is 10.8. The van der Waals surface area contributed by atoms with Crippen molar-refractivity contribution in [3.63, 3.8) is 0 Å². The van der Waals surface area contributed by atoms with E-state index in [9.17, 15) is 21.6 Å². The molecule has 0 N–H and O–H groups in total. The van der Waals surface area contributed by atoms with Crippen LogP contribution >= 0.6 is 0 Å². The van der Waals surface area contributed by atoms with Gasteiger partial charge in [-0.05, 0) is 29.8 Å². The van der Waals surface area contributed by atoms with Crippen LogP contribution in [0.5, 0.6) is 0 Å². The topological polar surface area (TPSA) is 91.8 Å². The lowest BCUT2D eigenvalue weighted by atomic mass is 10.0. The number of carbonyl (C=O) groups is 1. The predicted molar refractivity (Wildman–Crippen MR) is 132 cm³/mol. The zero-order chi connectivity index (χ0) is 24.6. The number of fused-ring (bicyclic) bond motifs is 1. The molecule has 5 rings (SSSR count). The van der Waals surface area contributed by atoms with Gasteiger partial charge in [0.05, 0.1) is 15.5 Å². The van der Waals surface area contributed by atoms with Gasteiger partial charge in [0.25, 0.3) is 5.91 Å². The van der Waals surface area contributed by atoms with E-state index in [1.54, 1.807) is 29.2 Å². The minimum absolute atomic E-state index is 0.0461. The summed E-state index contributed by atoms with van der Waals surface area (Å²) in [6.07, 6.45) is 0. The second-order valence-electron chi connectivity index (χ2n) is 8.90. The van der Waals surface area contributed by atoms with E-state index in [0.717, 1.165) is 6.54 Å². The van der Waals surface area contributed by atoms with Gasteiger partial charge in [0, 0.05) is 43.9 Å². The normalized spacial score (nSPS) is 19.9. The predicted octanol–water partition coefficient (Wildman–Crippen LogP) is 2.95. The molecule has 35 heavy (non-hydrogen) atoms. The molecule has 0 spiro atoms. The Kier molecular flexibility index (Phi) is 6.25. The average molecular weight is 511 g/mol. The van der Waals surface area contributed by atoms with E-state index in [4.69, 9.17) is 0 Å². The number of carbonyl (C=O) groups excluding carboxylic acids is 1. The standard InChI is InChI=1S/C26H26N2O5S2/c29-26(28-16-14-27(15-17-28)18-20-8-3-1-4-9-20)22-12-7-13-23-25(22)24(19-34(23,30)31)35(32,33)21-10-5-2-6-11-21/h1-13,24H,14-19H2. The van der Waals surface area contributed by atoms with E-state index in [-0.39, 0.29) is 26.8 Å². The molecule has 182 valence electrons. The van der Waals surface area contributed by atoms with Crippen LogP contribution in [-0.4, -0.2) is 64.5 Å². The number of rotatable bonds is 5. The summed E-state index contributed by atoms with van der Waals surface area (Å²) in [5.74, 6) is -0.888. The smallest absolute Gasteiger partial charge is 0.254 e. The van der Waals surface area contributed by atoms with Gasteiger partial charge in [-0.2, -0.15) is 0 Å². The lowest BCUT2D eigenvalue weighted by molar-refractivity contribution is 0.0627. The average Bonchev–Trinajstić information content (AvgIpc) is 3.17. The van der Waals surface area contributed by atoms with Crippen LogP contribution < -0.4 is 0 Å². The van der Waals surface area contributed by atoms with E-state index in [2.05, 4.69) is 17.0 Å². The second-order valence-corrected chi connectivity index (χ2v) is 13.0. The molecule has 1 amide bonds. The summed E-state index contributed by atoms with van der Waals surface area (Å²) in [6.45, 7) is 3.12. The van der Waals surface area contributed by atoms with Gasteiger partial charge in [0.15, 0.2) is 19.7 Å². The third kappa shape index (κ3) is 4.51. The lowest BCUT2D eigenvalue weighted by Crippen LogP contribution is -2.48. The maximum absolute atomic E-state index is 13.6. The lowest BCUT2D eigenvalue weighted by Gasteiger charge is -2.35. The third-order valence-electron chi connectivity index (χ3n) is 6.68. The first-order chi connectivity index (χ1) is 16.8. The van der Waals surface area contributed by atoms with E-state index in [1.807, 2.05) is 18.2 Å². The van der Waals surface area contributed by atoms with Crippen LogP contribution in [0.25, 0.3) is 0 Å². The first kappa shape index (κ1) is 23.7. The van der Waals surface area contributed by atoms with Gasteiger partial charge in [-0.1, -0.05) is 54.6 Å². The number of nitrogens with zero attached hydrogens (tertiary/aromatic N) is 2. The molecule has 2 aliphatic rings. The quantitative estimate of drug-likeness (QED) is 0.524. The molecule has 3 aromatic carbocycles. The molecule has 2 heterocycles. The molecule has 0 saturated carbocycles. The fraction of sp³-hybridized carbons (Fsp3) is 0.269. The van der Waals surface area contributed by atoms with Gasteiger partial charge >= 0.3 is 0 Å². The second kappa shape index (κ2) is 9.22. The number of benzene rings is 3. The van der Waals surface area contributed by atoms with Crippen LogP contribution in [0, 0.1) is 0 Å². The Bertz CT molecular complexity index is 1450. The summed E-state index contributed by atoms with van der Waals surface area (Å²) in [6, 6.07) is 22.4. The van der Waals surface area contributed by atoms with E-state index in [1.165, 1.54) is 29.8 Å². The summed E-state index contributed by atoms with van der Waals surface area (Å²) in [4.78, 5) is 17.5. The molecule has 0 radical (unpaired) electrons. The minimum Gasteiger partial charge on any atom is -0.336 e. The van der Waals surface area contributed by atoms with Crippen molar-refractivity contribution in [1.29, 1.82) is 0 Å². The zero-order valence-corrected chi connectivity index (χ0v) is 20.7. The molecule has 3 aromatic rings. The molecule has 1 saturated heterocycles. The van der Waals surface area contributed by atoms with Crippen molar-refractivity contribution in [1.82, 2.24) is 9.80 Å². The van der Waals surface area contributed by atoms with E-state index in [0.29, 0.717) is 26.2 Å². The summed E-state index contributed by atoms with van der Waals surface area (Å²) in [7, 11) is -7.85. The highest BCUT2D eigenvalue weighted by molar-refractivity contribution is 7.96. The van der Waals surface area contributed by atoms with Crippen molar-refractivity contribution >= 4 is 25.6 Å². The minimum atomic E-state index is -4.01. The Hall–Kier alpha value is -3.01. The Morgan fingerprint density at radius 2 is 1.46 bits per heavy atom. The maximum atomic E-state index is 13.6. The molecule has 0 bridgehead atoms. The Balaban J connectivity index is 1.42. The van der Waals surface area contributed by atoms with Gasteiger partial charge in [-0.25, -0.2) is 16.8 Å². The molecular weight excluding hydrogens is 484 g/mol. The van der Waals surface area contributed by atoms with Gasteiger partial charge in [0.2, 0.25) is 0 Å². The van der Waals surface area contributed by atoms with Crippen molar-refractivity contribution in [2.75, 3.05) is 31.9 Å². The van der Waals surface area contributed by atoms with Gasteiger partial charge in [0.1, 0.15) is 5.25 Å². The van der Waals surface area contributed by atoms with Crippen molar-refractivity contribution in [2.24, 2.45) is 0 Å². The van der Waals surface area contributed by atoms with E-state index < -0.39 is 30.7 Å². The largest absolute Gasteiger partial charge is 0.336 e. The number of hydrogen-bond acceptors (Lipinski definition) is 6. The van der Waals surface area contributed by atoms with Gasteiger partial charge in [-0.15, -0.1) is 0 Å². The summed E-state index contributed by atoms with van der Waals surface area (Å²) < 4.78 is 52.7. The van der Waals surface area contributed by atoms with Crippen LogP contribution in [0.4, 0.5) is 0 Å². The molecule has 7 nitrogen and oxygen atoms in total. The van der Waals surface area contributed by atoms with Crippen LogP contribution in [0.15, 0.2) is 88.7 Å². The van der Waals surface area contributed by atoms with Crippen LogP contribution in [-0.2, 0) is 26.2 Å². The van der Waals surface area contributed by atoms with Crippen molar-refractivity contribution in [3.8, 4) is 0 Å². The molecular formula is C26H26N2O5S2. The summed E-state index contributed by atoms with van der Waals surface area (Å²) >= 11 is 0. The van der Waals surface area contributed by atoms with Crippen LogP contribution in [0.2, 0.25) is 0 Å². The molecule has 0 aromatic heterocycles. The fourth-order valence-electron chi connectivity index (χ4n) is 4.85. The summed E-state index contributed by atoms with van der Waals surface area (Å²) in [5.41, 5.74) is 1.46. The molecule has 0 aliphatic carbocycles. The van der Waals surface area contributed by atoms with Crippen LogP contribution in [0.3, 0.4) is 0 Å². The molecule has 1 unspecified atom stereocenters. The van der Waals surface area contributed by atoms with Crippen molar-refractivity contribution in [3.05, 3.63) is 95.6 Å². The highest BCUT2D eigenvalue weighted by atomic mass is 32.2. The monoisotopic (exact) mass is 510 g/mol. The maximum Gasteiger partial charge on any atom is 0.254 e. The Labute approximate surface area is 205 Å². The van der Waals surface area contributed by atoms with Crippen LogP contribution in [0.1, 0.15) is 26.7 Å². The highest BCUT2D eigenvalue weighted by Crippen LogP contribution is 2.43. The Morgan fingerprint density at radius 3 is 2.11 bits per heavy atom. The summed E-state index contributed by atoms with van der Waals surface area (Å²) in [5, 5.41) is -1.32. The highest BCUT2D eigenvalue weighted by Gasteiger charge is 2.45. The SMILES string of the molecule is O=C(c1cccc2c1C(S(=O)(=O)c1ccccc1)CS2(=O)=O)N1CCN(Cc2ccccc2)CC1. The molecule has 1 fully saturated rings. The zero-order valence-electron chi connectivity index (χ0n) is 19.1. The number of hydrogen-bond donors (Lipinski definition) is 0. The molecule has 2 aliphatic heterocycles.